The molecule has 3 aromatic rings. The van der Waals surface area contributed by atoms with Crippen molar-refractivity contribution >= 4 is 5.71 Å². The van der Waals surface area contributed by atoms with Crippen molar-refractivity contribution < 1.29 is 9.84 Å². The van der Waals surface area contributed by atoms with E-state index in [1.54, 1.807) is 6.07 Å². The quantitative estimate of drug-likeness (QED) is 0.568. The van der Waals surface area contributed by atoms with Gasteiger partial charge in [-0.2, -0.15) is 0 Å². The van der Waals surface area contributed by atoms with Gasteiger partial charge in [-0.1, -0.05) is 67.6 Å². The van der Waals surface area contributed by atoms with E-state index in [4.69, 9.17) is 9.73 Å². The summed E-state index contributed by atoms with van der Waals surface area (Å²) in [4.78, 5) is 5.07. The molecule has 0 bridgehead atoms. The van der Waals surface area contributed by atoms with Gasteiger partial charge in [0, 0.05) is 29.3 Å². The van der Waals surface area contributed by atoms with Crippen molar-refractivity contribution in [3.63, 3.8) is 0 Å². The summed E-state index contributed by atoms with van der Waals surface area (Å²) in [6.07, 6.45) is 1.46. The van der Waals surface area contributed by atoms with Gasteiger partial charge in [0.25, 0.3) is 0 Å². The molecule has 4 nitrogen and oxygen atoms in total. The molecule has 1 aliphatic heterocycles. The lowest BCUT2D eigenvalue weighted by molar-refractivity contribution is 0.327. The van der Waals surface area contributed by atoms with Gasteiger partial charge < -0.3 is 9.84 Å². The summed E-state index contributed by atoms with van der Waals surface area (Å²) in [5.41, 5.74) is 5.34. The maximum Gasteiger partial charge on any atom is 0.129 e. The first-order chi connectivity index (χ1) is 14.7. The topological polar surface area (TPSA) is 53.9 Å². The Bertz CT molecular complexity index is 1030. The standard InChI is InChI=1S/C26H28N2O2/c1-3-18-13-15-19(16-14-18)22-17-23(20-9-5-7-11-24(20)29)28-26(27-22)21-10-6-8-12-25(21)30-4-2/h5-16,23,26,28-29H,3-4,17H2,1-2H3/t23-,26+/m1/s1. The van der Waals surface area contributed by atoms with Crippen molar-refractivity contribution in [2.45, 2.75) is 38.9 Å². The van der Waals surface area contributed by atoms with Crippen LogP contribution in [0.5, 0.6) is 11.5 Å². The van der Waals surface area contributed by atoms with Crippen molar-refractivity contribution in [3.05, 3.63) is 95.1 Å². The predicted octanol–water partition coefficient (Wildman–Crippen LogP) is 5.58. The van der Waals surface area contributed by atoms with Crippen LogP contribution in [0.15, 0.2) is 77.8 Å². The monoisotopic (exact) mass is 400 g/mol. The minimum atomic E-state index is -0.257. The fourth-order valence-corrected chi connectivity index (χ4v) is 3.95. The van der Waals surface area contributed by atoms with Crippen LogP contribution in [0.4, 0.5) is 0 Å². The second-order valence-corrected chi connectivity index (χ2v) is 7.48. The average molecular weight is 401 g/mol. The zero-order valence-electron chi connectivity index (χ0n) is 17.5. The zero-order chi connectivity index (χ0) is 20.9. The van der Waals surface area contributed by atoms with E-state index in [0.717, 1.165) is 34.6 Å². The molecule has 154 valence electrons. The number of hydrogen-bond acceptors (Lipinski definition) is 4. The van der Waals surface area contributed by atoms with Crippen molar-refractivity contribution in [1.29, 1.82) is 0 Å². The minimum Gasteiger partial charge on any atom is -0.508 e. The SMILES string of the molecule is CCOc1ccccc1[C@H]1N=C(c2ccc(CC)cc2)C[C@H](c2ccccc2O)N1. The molecule has 2 N–H and O–H groups in total. The van der Waals surface area contributed by atoms with Crippen LogP contribution in [0.25, 0.3) is 0 Å². The van der Waals surface area contributed by atoms with Gasteiger partial charge in [0.15, 0.2) is 0 Å². The number of ether oxygens (including phenoxy) is 1. The fraction of sp³-hybridized carbons (Fsp3) is 0.269. The number of aromatic hydroxyl groups is 1. The number of nitrogens with one attached hydrogen (secondary N) is 1. The van der Waals surface area contributed by atoms with Crippen LogP contribution in [0.1, 0.15) is 54.7 Å². The number of benzene rings is 3. The second kappa shape index (κ2) is 9.14. The normalized spacial score (nSPS) is 18.7. The van der Waals surface area contributed by atoms with E-state index in [2.05, 4.69) is 42.6 Å². The molecule has 0 amide bonds. The lowest BCUT2D eigenvalue weighted by Crippen LogP contribution is -2.33. The highest BCUT2D eigenvalue weighted by Crippen LogP contribution is 2.36. The number of aliphatic imine (C=N–C) groups is 1. The third kappa shape index (κ3) is 4.24. The van der Waals surface area contributed by atoms with Gasteiger partial charge in [-0.15, -0.1) is 0 Å². The molecule has 4 heteroatoms. The van der Waals surface area contributed by atoms with Crippen LogP contribution in [-0.4, -0.2) is 17.4 Å². The van der Waals surface area contributed by atoms with Crippen LogP contribution < -0.4 is 10.1 Å². The summed E-state index contributed by atoms with van der Waals surface area (Å²) >= 11 is 0. The summed E-state index contributed by atoms with van der Waals surface area (Å²) in [6, 6.07) is 24.1. The van der Waals surface area contributed by atoms with Gasteiger partial charge in [-0.25, -0.2) is 0 Å². The summed E-state index contributed by atoms with van der Waals surface area (Å²) in [5.74, 6) is 1.13. The van der Waals surface area contributed by atoms with Gasteiger partial charge in [-0.3, -0.25) is 10.3 Å². The number of nitrogens with zero attached hydrogens (tertiary/aromatic N) is 1. The van der Waals surface area contributed by atoms with Gasteiger partial charge >= 0.3 is 0 Å². The van der Waals surface area contributed by atoms with E-state index in [1.165, 1.54) is 5.56 Å². The molecular weight excluding hydrogens is 372 g/mol. The largest absolute Gasteiger partial charge is 0.508 e. The van der Waals surface area contributed by atoms with Crippen molar-refractivity contribution in [2.75, 3.05) is 6.61 Å². The van der Waals surface area contributed by atoms with Crippen molar-refractivity contribution in [3.8, 4) is 11.5 Å². The van der Waals surface area contributed by atoms with E-state index < -0.39 is 0 Å². The Labute approximate surface area is 178 Å². The molecule has 1 heterocycles. The van der Waals surface area contributed by atoms with Crippen LogP contribution in [0.2, 0.25) is 0 Å². The molecule has 0 fully saturated rings. The number of para-hydroxylation sites is 2. The Morgan fingerprint density at radius 1 is 0.933 bits per heavy atom. The minimum absolute atomic E-state index is 0.0516. The Balaban J connectivity index is 1.76. The van der Waals surface area contributed by atoms with Crippen LogP contribution in [-0.2, 0) is 6.42 Å². The van der Waals surface area contributed by atoms with E-state index >= 15 is 0 Å². The number of phenols is 1. The smallest absolute Gasteiger partial charge is 0.129 e. The van der Waals surface area contributed by atoms with E-state index in [0.29, 0.717) is 18.8 Å². The lowest BCUT2D eigenvalue weighted by Gasteiger charge is -2.31. The second-order valence-electron chi connectivity index (χ2n) is 7.48. The Morgan fingerprint density at radius 2 is 1.63 bits per heavy atom. The molecule has 0 unspecified atom stereocenters. The lowest BCUT2D eigenvalue weighted by atomic mass is 9.93. The van der Waals surface area contributed by atoms with Gasteiger partial charge in [0.05, 0.1) is 6.61 Å². The molecule has 1 aliphatic rings. The molecule has 4 rings (SSSR count). The summed E-state index contributed by atoms with van der Waals surface area (Å²) in [6.45, 7) is 4.74. The first kappa shape index (κ1) is 20.2. The Morgan fingerprint density at radius 3 is 2.33 bits per heavy atom. The first-order valence-corrected chi connectivity index (χ1v) is 10.6. The highest BCUT2D eigenvalue weighted by Gasteiger charge is 2.28. The maximum atomic E-state index is 10.5. The van der Waals surface area contributed by atoms with Crippen LogP contribution in [0, 0.1) is 0 Å². The fourth-order valence-electron chi connectivity index (χ4n) is 3.95. The third-order valence-corrected chi connectivity index (χ3v) is 5.56. The molecule has 0 radical (unpaired) electrons. The Kier molecular flexibility index (Phi) is 6.15. The molecule has 0 saturated carbocycles. The summed E-state index contributed by atoms with van der Waals surface area (Å²) < 4.78 is 5.87. The highest BCUT2D eigenvalue weighted by molar-refractivity contribution is 6.01. The molecular formula is C26H28N2O2. The van der Waals surface area contributed by atoms with E-state index in [-0.39, 0.29) is 12.2 Å². The Hall–Kier alpha value is -3.11. The third-order valence-electron chi connectivity index (χ3n) is 5.56. The molecule has 2 atom stereocenters. The summed E-state index contributed by atoms with van der Waals surface area (Å²) in [7, 11) is 0. The maximum absolute atomic E-state index is 10.5. The van der Waals surface area contributed by atoms with Crippen molar-refractivity contribution in [1.82, 2.24) is 5.32 Å². The number of phenolic OH excluding ortho intramolecular Hbond substituents is 1. The number of rotatable bonds is 6. The van der Waals surface area contributed by atoms with E-state index in [9.17, 15) is 5.11 Å². The predicted molar refractivity (Wildman–Crippen MR) is 121 cm³/mol. The van der Waals surface area contributed by atoms with Crippen molar-refractivity contribution in [2.24, 2.45) is 4.99 Å². The molecule has 0 aliphatic carbocycles. The van der Waals surface area contributed by atoms with Gasteiger partial charge in [0.2, 0.25) is 0 Å². The van der Waals surface area contributed by atoms with Crippen LogP contribution >= 0.6 is 0 Å². The zero-order valence-corrected chi connectivity index (χ0v) is 17.5. The average Bonchev–Trinajstić information content (AvgIpc) is 2.80. The van der Waals surface area contributed by atoms with E-state index in [1.807, 2.05) is 43.3 Å². The van der Waals surface area contributed by atoms with Gasteiger partial charge in [0.1, 0.15) is 17.7 Å². The van der Waals surface area contributed by atoms with Crippen LogP contribution in [0.3, 0.4) is 0 Å². The molecule has 0 spiro atoms. The molecule has 0 saturated heterocycles. The first-order valence-electron chi connectivity index (χ1n) is 10.6. The summed E-state index contributed by atoms with van der Waals surface area (Å²) in [5, 5.41) is 14.1. The highest BCUT2D eigenvalue weighted by atomic mass is 16.5. The number of aryl methyl sites for hydroxylation is 1. The van der Waals surface area contributed by atoms with Gasteiger partial charge in [-0.05, 0) is 36.6 Å². The molecule has 3 aromatic carbocycles. The number of hydrogen-bond donors (Lipinski definition) is 2. The molecule has 0 aromatic heterocycles. The molecule has 30 heavy (non-hydrogen) atoms.